The van der Waals surface area contributed by atoms with Crippen LogP contribution in [0.15, 0.2) is 0 Å². The summed E-state index contributed by atoms with van der Waals surface area (Å²) in [6.07, 6.45) is -0.780. The third-order valence-corrected chi connectivity index (χ3v) is 1.60. The zero-order chi connectivity index (χ0) is 8.15. The average molecular weight is 148 g/mol. The van der Waals surface area contributed by atoms with Crippen molar-refractivity contribution in [3.8, 4) is 0 Å². The fraction of sp³-hybridized carbons (Fsp3) is 1.00. The molecule has 0 bridgehead atoms. The molecule has 0 amide bonds. The Kier molecular flexibility index (Phi) is 4.60. The summed E-state index contributed by atoms with van der Waals surface area (Å²) in [7, 11) is 1.53. The molecule has 0 aromatic carbocycles. The fourth-order valence-corrected chi connectivity index (χ4v) is 1.01. The maximum absolute atomic E-state index is 9.08. The molecule has 0 aliphatic heterocycles. The van der Waals surface area contributed by atoms with Crippen LogP contribution in [0.1, 0.15) is 13.8 Å². The third kappa shape index (κ3) is 2.64. The fourth-order valence-electron chi connectivity index (χ4n) is 1.01. The lowest BCUT2D eigenvalue weighted by Crippen LogP contribution is -2.33. The molecule has 0 saturated carbocycles. The van der Waals surface area contributed by atoms with Crippen molar-refractivity contribution < 1.29 is 14.9 Å². The number of ether oxygens (including phenoxy) is 1. The van der Waals surface area contributed by atoms with E-state index in [0.29, 0.717) is 0 Å². The highest BCUT2D eigenvalue weighted by atomic mass is 16.5. The highest BCUT2D eigenvalue weighted by Gasteiger charge is 2.20. The molecule has 0 radical (unpaired) electrons. The van der Waals surface area contributed by atoms with Crippen LogP contribution in [0.5, 0.6) is 0 Å². The van der Waals surface area contributed by atoms with Crippen LogP contribution in [0.3, 0.4) is 0 Å². The van der Waals surface area contributed by atoms with Crippen molar-refractivity contribution in [3.63, 3.8) is 0 Å². The molecule has 0 aromatic heterocycles. The Bertz CT molecular complexity index is 82.9. The van der Waals surface area contributed by atoms with Gasteiger partial charge >= 0.3 is 0 Å². The first-order valence-electron chi connectivity index (χ1n) is 3.45. The van der Waals surface area contributed by atoms with Crippen LogP contribution in [0, 0.1) is 5.92 Å². The van der Waals surface area contributed by atoms with Gasteiger partial charge in [-0.05, 0) is 6.92 Å². The molecule has 3 unspecified atom stereocenters. The Morgan fingerprint density at radius 3 is 2.00 bits per heavy atom. The molecule has 0 aliphatic carbocycles. The largest absolute Gasteiger partial charge is 0.396 e. The molecule has 0 rings (SSSR count). The summed E-state index contributed by atoms with van der Waals surface area (Å²) >= 11 is 0. The van der Waals surface area contributed by atoms with E-state index >= 15 is 0 Å². The molecule has 62 valence electrons. The second-order valence-electron chi connectivity index (χ2n) is 2.60. The van der Waals surface area contributed by atoms with E-state index in [4.69, 9.17) is 14.9 Å². The molecule has 10 heavy (non-hydrogen) atoms. The first-order chi connectivity index (χ1) is 4.63. The van der Waals surface area contributed by atoms with E-state index in [0.717, 1.165) is 0 Å². The van der Waals surface area contributed by atoms with Crippen molar-refractivity contribution in [1.82, 2.24) is 0 Å². The quantitative estimate of drug-likeness (QED) is 0.590. The van der Waals surface area contributed by atoms with Crippen LogP contribution >= 0.6 is 0 Å². The van der Waals surface area contributed by atoms with Gasteiger partial charge in [0.1, 0.15) is 0 Å². The molecule has 2 N–H and O–H groups in total. The van der Waals surface area contributed by atoms with Gasteiger partial charge in [0.15, 0.2) is 0 Å². The zero-order valence-electron chi connectivity index (χ0n) is 6.74. The van der Waals surface area contributed by atoms with Crippen LogP contribution < -0.4 is 0 Å². The summed E-state index contributed by atoms with van der Waals surface area (Å²) in [6, 6.07) is 0. The van der Waals surface area contributed by atoms with Gasteiger partial charge in [0.05, 0.1) is 12.2 Å². The maximum atomic E-state index is 9.08. The lowest BCUT2D eigenvalue weighted by Gasteiger charge is -2.23. The van der Waals surface area contributed by atoms with Crippen molar-refractivity contribution in [2.75, 3.05) is 13.7 Å². The lowest BCUT2D eigenvalue weighted by atomic mass is 10.0. The Morgan fingerprint density at radius 2 is 1.90 bits per heavy atom. The minimum absolute atomic E-state index is 0.00926. The van der Waals surface area contributed by atoms with E-state index in [9.17, 15) is 0 Å². The Labute approximate surface area is 61.6 Å². The Balaban J connectivity index is 3.80. The second kappa shape index (κ2) is 4.66. The van der Waals surface area contributed by atoms with E-state index in [1.54, 1.807) is 6.92 Å². The van der Waals surface area contributed by atoms with Crippen LogP contribution in [0.2, 0.25) is 0 Å². The van der Waals surface area contributed by atoms with Gasteiger partial charge in [0.2, 0.25) is 0 Å². The summed E-state index contributed by atoms with van der Waals surface area (Å²) in [5, 5.41) is 17.8. The topological polar surface area (TPSA) is 49.7 Å². The minimum atomic E-state index is -0.521. The predicted molar refractivity (Wildman–Crippen MR) is 38.7 cm³/mol. The van der Waals surface area contributed by atoms with Gasteiger partial charge in [0.25, 0.3) is 0 Å². The standard InChI is InChI=1S/C7H16O3/c1-5(4-8)7(10-3)6(2)9/h5-9H,4H2,1-3H3. The second-order valence-corrected chi connectivity index (χ2v) is 2.60. The monoisotopic (exact) mass is 148 g/mol. The molecule has 3 heteroatoms. The number of hydrogen-bond donors (Lipinski definition) is 2. The normalized spacial score (nSPS) is 20.1. The summed E-state index contributed by atoms with van der Waals surface area (Å²) in [5.74, 6) is -0.00926. The van der Waals surface area contributed by atoms with E-state index < -0.39 is 6.10 Å². The molecule has 0 heterocycles. The SMILES string of the molecule is COC(C(C)O)C(C)CO. The van der Waals surface area contributed by atoms with Crippen molar-refractivity contribution >= 4 is 0 Å². The van der Waals surface area contributed by atoms with E-state index in [1.165, 1.54) is 7.11 Å². The van der Waals surface area contributed by atoms with Gasteiger partial charge in [-0.2, -0.15) is 0 Å². The molecule has 0 aliphatic rings. The van der Waals surface area contributed by atoms with Crippen molar-refractivity contribution in [2.24, 2.45) is 5.92 Å². The van der Waals surface area contributed by atoms with Crippen molar-refractivity contribution in [1.29, 1.82) is 0 Å². The third-order valence-electron chi connectivity index (χ3n) is 1.60. The number of aliphatic hydroxyl groups is 2. The average Bonchev–Trinajstić information content (AvgIpc) is 1.88. The van der Waals surface area contributed by atoms with Gasteiger partial charge in [-0.1, -0.05) is 6.92 Å². The smallest absolute Gasteiger partial charge is 0.0874 e. The van der Waals surface area contributed by atoms with Gasteiger partial charge < -0.3 is 14.9 Å². The summed E-state index contributed by atoms with van der Waals surface area (Å²) in [5.41, 5.74) is 0. The predicted octanol–water partition coefficient (Wildman–Crippen LogP) is 0.0106. The van der Waals surface area contributed by atoms with Gasteiger partial charge in [-0.25, -0.2) is 0 Å². The molecular formula is C7H16O3. The minimum Gasteiger partial charge on any atom is -0.396 e. The number of methoxy groups -OCH3 is 1. The van der Waals surface area contributed by atoms with Crippen molar-refractivity contribution in [2.45, 2.75) is 26.1 Å². The van der Waals surface area contributed by atoms with Crippen LogP contribution in [0.4, 0.5) is 0 Å². The molecule has 0 fully saturated rings. The number of rotatable bonds is 4. The van der Waals surface area contributed by atoms with Crippen molar-refractivity contribution in [3.05, 3.63) is 0 Å². The lowest BCUT2D eigenvalue weighted by molar-refractivity contribution is -0.0453. The summed E-state index contributed by atoms with van der Waals surface area (Å²) < 4.78 is 4.95. The maximum Gasteiger partial charge on any atom is 0.0874 e. The Morgan fingerprint density at radius 1 is 1.40 bits per heavy atom. The molecule has 3 atom stereocenters. The summed E-state index contributed by atoms with van der Waals surface area (Å²) in [6.45, 7) is 3.53. The van der Waals surface area contributed by atoms with E-state index in [2.05, 4.69) is 0 Å². The first kappa shape index (κ1) is 9.88. The van der Waals surface area contributed by atoms with Crippen LogP contribution in [-0.4, -0.2) is 36.1 Å². The first-order valence-corrected chi connectivity index (χ1v) is 3.45. The highest BCUT2D eigenvalue weighted by molar-refractivity contribution is 4.69. The highest BCUT2D eigenvalue weighted by Crippen LogP contribution is 2.09. The van der Waals surface area contributed by atoms with E-state index in [-0.39, 0.29) is 18.6 Å². The Hall–Kier alpha value is -0.120. The molecule has 0 saturated heterocycles. The molecule has 3 nitrogen and oxygen atoms in total. The van der Waals surface area contributed by atoms with Gasteiger partial charge in [0, 0.05) is 19.6 Å². The number of aliphatic hydroxyl groups excluding tert-OH is 2. The van der Waals surface area contributed by atoms with Gasteiger partial charge in [-0.15, -0.1) is 0 Å². The zero-order valence-corrected chi connectivity index (χ0v) is 6.74. The van der Waals surface area contributed by atoms with Crippen LogP contribution in [0.25, 0.3) is 0 Å². The molecule has 0 aromatic rings. The summed E-state index contributed by atoms with van der Waals surface area (Å²) in [4.78, 5) is 0. The van der Waals surface area contributed by atoms with Crippen LogP contribution in [-0.2, 0) is 4.74 Å². The molecular weight excluding hydrogens is 132 g/mol. The van der Waals surface area contributed by atoms with E-state index in [1.807, 2.05) is 6.92 Å². The number of hydrogen-bond acceptors (Lipinski definition) is 3. The molecule has 0 spiro atoms. The van der Waals surface area contributed by atoms with Gasteiger partial charge in [-0.3, -0.25) is 0 Å².